The highest BCUT2D eigenvalue weighted by Gasteiger charge is 2.46. The Labute approximate surface area is 315 Å². The van der Waals surface area contributed by atoms with E-state index in [1.54, 1.807) is 18.8 Å². The Morgan fingerprint density at radius 2 is 2.04 bits per heavy atom. The Hall–Kier alpha value is -3.84. The third kappa shape index (κ3) is 6.77. The second kappa shape index (κ2) is 14.1. The Kier molecular flexibility index (Phi) is 9.97. The van der Waals surface area contributed by atoms with Crippen molar-refractivity contribution in [3.63, 3.8) is 0 Å². The summed E-state index contributed by atoms with van der Waals surface area (Å²) in [7, 11) is 3.27. The summed E-state index contributed by atoms with van der Waals surface area (Å²) < 4.78 is 67.7. The molecule has 0 bridgehead atoms. The average molecular weight is 773 g/mol. The molecule has 7 rings (SSSR count). The molecule has 0 spiro atoms. The molecule has 0 radical (unpaired) electrons. The van der Waals surface area contributed by atoms with Gasteiger partial charge in [-0.25, -0.2) is 14.4 Å². The summed E-state index contributed by atoms with van der Waals surface area (Å²) in [6.07, 6.45) is -2.82. The molecule has 2 N–H and O–H groups in total. The monoisotopic (exact) mass is 772 g/mol. The van der Waals surface area contributed by atoms with Crippen LogP contribution in [-0.4, -0.2) is 80.0 Å². The number of nitrogens with zero attached hydrogens (tertiary/aromatic N) is 7. The number of hydrogen-bond acceptors (Lipinski definition) is 9. The third-order valence-corrected chi connectivity index (χ3v) is 12.3. The maximum absolute atomic E-state index is 15.8. The number of carbonyl (C=O) groups excluding carboxylic acids is 1. The van der Waals surface area contributed by atoms with Gasteiger partial charge in [-0.2, -0.15) is 18.3 Å². The number of halogens is 5. The predicted molar refractivity (Wildman–Crippen MR) is 195 cm³/mol. The highest BCUT2D eigenvalue weighted by atomic mass is 35.5. The van der Waals surface area contributed by atoms with E-state index in [1.165, 1.54) is 29.2 Å². The molecule has 2 saturated heterocycles. The molecular formula is C37H41ClF4N8O2S. The maximum atomic E-state index is 15.8. The number of nitrogen functional groups attached to an aromatic ring is 1. The summed E-state index contributed by atoms with van der Waals surface area (Å²) >= 11 is 8.34. The van der Waals surface area contributed by atoms with Gasteiger partial charge in [0.15, 0.2) is 16.7 Å². The van der Waals surface area contributed by atoms with Gasteiger partial charge in [0.1, 0.15) is 5.82 Å². The number of anilines is 2. The van der Waals surface area contributed by atoms with Crippen molar-refractivity contribution in [1.29, 1.82) is 0 Å². The van der Waals surface area contributed by atoms with Crippen molar-refractivity contribution in [2.45, 2.75) is 94.7 Å². The summed E-state index contributed by atoms with van der Waals surface area (Å²) in [6, 6.07) is 0.831. The SMILES string of the molecule is C=C1CN2CCC[C@]2(CSc2nc3c(c(N4Cc5c(Cl)c(C(=O)N(C)C)nn5CC[C@H]4C)n2)CO[C@H](c2c(F)c(N)cc(C#CC)c2C(F)(F)F)C3)C1. The van der Waals surface area contributed by atoms with E-state index in [-0.39, 0.29) is 47.8 Å². The molecule has 1 aromatic carbocycles. The molecule has 0 unspecified atom stereocenters. The van der Waals surface area contributed by atoms with Crippen molar-refractivity contribution < 1.29 is 27.1 Å². The zero-order valence-electron chi connectivity index (χ0n) is 30.0. The normalized spacial score (nSPS) is 22.9. The molecule has 16 heteroatoms. The first-order valence-electron chi connectivity index (χ1n) is 17.5. The average Bonchev–Trinajstić information content (AvgIpc) is 3.69. The molecule has 3 atom stereocenters. The van der Waals surface area contributed by atoms with Gasteiger partial charge in [0.2, 0.25) is 0 Å². The van der Waals surface area contributed by atoms with Gasteiger partial charge in [-0.3, -0.25) is 14.4 Å². The predicted octanol–water partition coefficient (Wildman–Crippen LogP) is 6.64. The van der Waals surface area contributed by atoms with Crippen molar-refractivity contribution in [2.75, 3.05) is 43.6 Å². The molecular weight excluding hydrogens is 732 g/mol. The highest BCUT2D eigenvalue weighted by molar-refractivity contribution is 7.99. The minimum absolute atomic E-state index is 0.0683. The Balaban J connectivity index is 1.32. The smallest absolute Gasteiger partial charge is 0.396 e. The van der Waals surface area contributed by atoms with E-state index >= 15 is 4.39 Å². The van der Waals surface area contributed by atoms with Crippen LogP contribution in [0.25, 0.3) is 0 Å². The number of aromatic nitrogens is 4. The van der Waals surface area contributed by atoms with Crippen molar-refractivity contribution in [2.24, 2.45) is 0 Å². The summed E-state index contributed by atoms with van der Waals surface area (Å²) in [5.41, 5.74) is 6.15. The first-order chi connectivity index (χ1) is 25.1. The van der Waals surface area contributed by atoms with E-state index in [4.69, 9.17) is 32.0 Å². The lowest BCUT2D eigenvalue weighted by Gasteiger charge is -2.35. The largest absolute Gasteiger partial charge is 0.418 e. The van der Waals surface area contributed by atoms with Gasteiger partial charge in [-0.05, 0) is 52.1 Å². The van der Waals surface area contributed by atoms with Crippen molar-refractivity contribution in [3.05, 3.63) is 68.4 Å². The van der Waals surface area contributed by atoms with E-state index in [1.807, 2.05) is 6.92 Å². The van der Waals surface area contributed by atoms with Crippen molar-refractivity contribution >= 4 is 40.8 Å². The van der Waals surface area contributed by atoms with Crippen molar-refractivity contribution in [3.8, 4) is 11.8 Å². The zero-order valence-corrected chi connectivity index (χ0v) is 31.6. The lowest BCUT2D eigenvalue weighted by molar-refractivity contribution is -0.140. The van der Waals surface area contributed by atoms with Crippen LogP contribution in [0.3, 0.4) is 0 Å². The topological polar surface area (TPSA) is 106 Å². The van der Waals surface area contributed by atoms with Crippen molar-refractivity contribution in [1.82, 2.24) is 29.5 Å². The van der Waals surface area contributed by atoms with Gasteiger partial charge in [-0.15, -0.1) is 5.92 Å². The minimum Gasteiger partial charge on any atom is -0.396 e. The molecule has 2 fully saturated rings. The Morgan fingerprint density at radius 1 is 1.26 bits per heavy atom. The van der Waals surface area contributed by atoms with Crippen LogP contribution in [0.1, 0.15) is 89.8 Å². The van der Waals surface area contributed by atoms with E-state index in [9.17, 15) is 18.0 Å². The fourth-order valence-corrected chi connectivity index (χ4v) is 9.56. The molecule has 10 nitrogen and oxygen atoms in total. The van der Waals surface area contributed by atoms with Crippen LogP contribution in [0.5, 0.6) is 0 Å². The summed E-state index contributed by atoms with van der Waals surface area (Å²) in [5.74, 6) is 4.69. The Morgan fingerprint density at radius 3 is 2.75 bits per heavy atom. The first kappa shape index (κ1) is 37.5. The van der Waals surface area contributed by atoms with Gasteiger partial charge >= 0.3 is 6.18 Å². The number of benzene rings is 1. The van der Waals surface area contributed by atoms with Gasteiger partial charge < -0.3 is 20.3 Å². The molecule has 282 valence electrons. The van der Waals surface area contributed by atoms with Gasteiger partial charge in [0.05, 0.1) is 46.9 Å². The van der Waals surface area contributed by atoms with Crippen LogP contribution in [-0.2, 0) is 37.0 Å². The van der Waals surface area contributed by atoms with Crippen LogP contribution < -0.4 is 10.6 Å². The zero-order chi connectivity index (χ0) is 38.0. The second-order valence-corrected chi connectivity index (χ2v) is 15.8. The first-order valence-corrected chi connectivity index (χ1v) is 18.9. The number of amides is 1. The van der Waals surface area contributed by atoms with E-state index in [2.05, 4.69) is 33.3 Å². The van der Waals surface area contributed by atoms with Crippen LogP contribution in [0, 0.1) is 17.7 Å². The van der Waals surface area contributed by atoms with Crippen LogP contribution in [0.15, 0.2) is 23.4 Å². The summed E-state index contributed by atoms with van der Waals surface area (Å²) in [5, 5.41) is 5.27. The van der Waals surface area contributed by atoms with Crippen LogP contribution in [0.2, 0.25) is 5.02 Å². The quantitative estimate of drug-likeness (QED) is 0.0738. The number of thioether (sulfide) groups is 1. The number of carbonyl (C=O) groups is 1. The standard InChI is InChI=1S/C37H41ClF4N8O2S/c1-6-8-22-13-24(43)31(39)28(29(22)37(40,41)42)27-14-25-23(18-52-27)33(45-35(44-25)53-19-36-10-7-11-48(36)16-20(2)15-36)49-17-26-30(38)32(34(51)47(4)5)46-50(26)12-9-21(49)3/h13,21,27H,2,7,9-12,14-19,43H2,1,3-5H3/t21-,27+,36-/m1/s1. The fraction of sp³-hybridized carbons (Fsp3) is 0.514. The molecule has 53 heavy (non-hydrogen) atoms. The Bertz CT molecular complexity index is 2060. The number of ether oxygens (including phenoxy) is 1. The molecule has 3 aromatic rings. The van der Waals surface area contributed by atoms with Gasteiger partial charge in [0.25, 0.3) is 5.91 Å². The van der Waals surface area contributed by atoms with Crippen LogP contribution in [0.4, 0.5) is 29.1 Å². The number of nitrogens with two attached hydrogens (primary N) is 1. The molecule has 6 heterocycles. The third-order valence-electron chi connectivity index (χ3n) is 10.7. The summed E-state index contributed by atoms with van der Waals surface area (Å²) in [4.78, 5) is 28.9. The number of rotatable bonds is 6. The molecule has 0 saturated carbocycles. The highest BCUT2D eigenvalue weighted by Crippen LogP contribution is 2.47. The van der Waals surface area contributed by atoms with E-state index in [0.29, 0.717) is 46.6 Å². The molecule has 4 aliphatic rings. The maximum Gasteiger partial charge on any atom is 0.418 e. The number of aryl methyl sites for hydroxylation is 1. The summed E-state index contributed by atoms with van der Waals surface area (Å²) in [6.45, 7) is 10.1. The second-order valence-electron chi connectivity index (χ2n) is 14.5. The van der Waals surface area contributed by atoms with E-state index in [0.717, 1.165) is 38.4 Å². The lowest BCUT2D eigenvalue weighted by Crippen LogP contribution is -2.40. The van der Waals surface area contributed by atoms with E-state index < -0.39 is 40.5 Å². The lowest BCUT2D eigenvalue weighted by atomic mass is 9.90. The molecule has 1 amide bonds. The van der Waals surface area contributed by atoms with Gasteiger partial charge in [-0.1, -0.05) is 41.4 Å². The number of hydrogen-bond donors (Lipinski definition) is 1. The van der Waals surface area contributed by atoms with Crippen LogP contribution >= 0.6 is 23.4 Å². The minimum atomic E-state index is -4.93. The molecule has 0 aliphatic carbocycles. The molecule has 4 aliphatic heterocycles. The molecule has 2 aromatic heterocycles. The fourth-order valence-electron chi connectivity index (χ4n) is 8.13. The number of fused-ring (bicyclic) bond motifs is 3. The number of alkyl halides is 3. The van der Waals surface area contributed by atoms with Gasteiger partial charge in [0, 0.05) is 67.6 Å².